The van der Waals surface area contributed by atoms with Crippen LogP contribution in [-0.2, 0) is 12.6 Å². The number of pyridine rings is 1. The van der Waals surface area contributed by atoms with E-state index in [4.69, 9.17) is 4.74 Å². The highest BCUT2D eigenvalue weighted by molar-refractivity contribution is 7.99. The zero-order chi connectivity index (χ0) is 28.4. The highest BCUT2D eigenvalue weighted by Crippen LogP contribution is 2.36. The number of alkyl halides is 3. The van der Waals surface area contributed by atoms with Gasteiger partial charge < -0.3 is 20.5 Å². The molecule has 0 saturated heterocycles. The van der Waals surface area contributed by atoms with Crippen LogP contribution in [-0.4, -0.2) is 39.7 Å². The van der Waals surface area contributed by atoms with E-state index < -0.39 is 40.7 Å². The van der Waals surface area contributed by atoms with Gasteiger partial charge >= 0.3 is 6.18 Å². The largest absolute Gasteiger partial charge is 0.507 e. The van der Waals surface area contributed by atoms with Gasteiger partial charge in [-0.05, 0) is 74.1 Å². The minimum Gasteiger partial charge on any atom is -0.507 e. The summed E-state index contributed by atoms with van der Waals surface area (Å²) in [7, 11) is 0. The fourth-order valence-electron chi connectivity index (χ4n) is 4.80. The van der Waals surface area contributed by atoms with Gasteiger partial charge in [-0.15, -0.1) is 11.8 Å². The van der Waals surface area contributed by atoms with Crippen LogP contribution in [0.4, 0.5) is 17.6 Å². The number of phenolic OH excluding ortho intramolecular Hbond substituents is 1. The first-order chi connectivity index (χ1) is 19.1. The average molecular weight is 576 g/mol. The molecule has 1 aliphatic heterocycles. The molecule has 2 amide bonds. The van der Waals surface area contributed by atoms with Gasteiger partial charge in [0.15, 0.2) is 0 Å². The number of aryl methyl sites for hydroxylation is 1. The maximum atomic E-state index is 14.0. The van der Waals surface area contributed by atoms with Crippen LogP contribution in [0.2, 0.25) is 0 Å². The molecule has 1 aliphatic carbocycles. The van der Waals surface area contributed by atoms with Crippen LogP contribution in [0.3, 0.4) is 0 Å². The summed E-state index contributed by atoms with van der Waals surface area (Å²) in [6.07, 6.45) is -0.894. The van der Waals surface area contributed by atoms with Crippen molar-refractivity contribution in [3.63, 3.8) is 0 Å². The Bertz CT molecular complexity index is 1440. The summed E-state index contributed by atoms with van der Waals surface area (Å²) in [4.78, 5) is 30.7. The Hall–Kier alpha value is -3.80. The fraction of sp³-hybridized carbons (Fsp3) is 0.321. The first-order valence-electron chi connectivity index (χ1n) is 12.7. The molecule has 1 fully saturated rings. The summed E-state index contributed by atoms with van der Waals surface area (Å²) in [5.41, 5.74) is -0.324. The van der Waals surface area contributed by atoms with Crippen LogP contribution in [0, 0.1) is 5.82 Å². The van der Waals surface area contributed by atoms with Crippen molar-refractivity contribution in [2.24, 2.45) is 0 Å². The van der Waals surface area contributed by atoms with Gasteiger partial charge in [0.1, 0.15) is 22.9 Å². The Kier molecular flexibility index (Phi) is 7.88. The van der Waals surface area contributed by atoms with Crippen molar-refractivity contribution in [2.45, 2.75) is 55.3 Å². The van der Waals surface area contributed by atoms with Gasteiger partial charge in [-0.2, -0.15) is 13.2 Å². The number of phenols is 1. The second-order valence-electron chi connectivity index (χ2n) is 9.70. The van der Waals surface area contributed by atoms with Crippen LogP contribution in [0.25, 0.3) is 0 Å². The third kappa shape index (κ3) is 6.33. The van der Waals surface area contributed by atoms with Gasteiger partial charge in [0.05, 0.1) is 17.3 Å². The number of fused-ring (bicyclic) bond motifs is 1. The van der Waals surface area contributed by atoms with Crippen LogP contribution in [0.15, 0.2) is 53.6 Å². The van der Waals surface area contributed by atoms with Crippen molar-refractivity contribution in [1.82, 2.24) is 15.6 Å². The number of hydrogen-bond donors (Lipinski definition) is 3. The first kappa shape index (κ1) is 27.8. The number of carbonyl (C=O) groups is 2. The molecule has 5 rings (SSSR count). The molecule has 2 aromatic carbocycles. The van der Waals surface area contributed by atoms with E-state index in [9.17, 15) is 32.3 Å². The molecule has 0 atom stereocenters. The number of rotatable bonds is 6. The molecule has 12 heteroatoms. The molecule has 0 bridgehead atoms. The minimum atomic E-state index is -4.65. The van der Waals surface area contributed by atoms with Crippen LogP contribution < -0.4 is 15.4 Å². The standard InChI is InChI=1S/C28H25F4N3O4S/c29-17-12-22(27(33-14-17)39-20-7-1-15-9-10-40-24(15)13-20)26(38)35-19-5-3-18(4-6-19)34-25(37)21-11-16(28(30,31)32)2-8-23(21)36/h1-2,7-8,11-14,18-19,36H,3-6,9-10H2,(H,34,37)(H,35,38). The van der Waals surface area contributed by atoms with Crippen molar-refractivity contribution >= 4 is 23.6 Å². The minimum absolute atomic E-state index is 0.0244. The topological polar surface area (TPSA) is 101 Å². The van der Waals surface area contributed by atoms with Crippen molar-refractivity contribution in [1.29, 1.82) is 0 Å². The number of carbonyl (C=O) groups excluding carboxylic acids is 2. The van der Waals surface area contributed by atoms with Crippen molar-refractivity contribution in [3.05, 3.63) is 76.7 Å². The predicted octanol–water partition coefficient (Wildman–Crippen LogP) is 5.86. The number of amides is 2. The summed E-state index contributed by atoms with van der Waals surface area (Å²) in [5, 5.41) is 15.4. The number of benzene rings is 2. The van der Waals surface area contributed by atoms with Crippen LogP contribution >= 0.6 is 11.8 Å². The molecule has 0 spiro atoms. The quantitative estimate of drug-likeness (QED) is 0.319. The van der Waals surface area contributed by atoms with Gasteiger partial charge in [0, 0.05) is 22.7 Å². The molecule has 1 aromatic heterocycles. The van der Waals surface area contributed by atoms with E-state index in [2.05, 4.69) is 15.6 Å². The molecule has 0 unspecified atom stereocenters. The lowest BCUT2D eigenvalue weighted by atomic mass is 9.90. The monoisotopic (exact) mass is 575 g/mol. The third-order valence-electron chi connectivity index (χ3n) is 6.91. The summed E-state index contributed by atoms with van der Waals surface area (Å²) in [6.45, 7) is 0. The van der Waals surface area contributed by atoms with E-state index in [1.165, 1.54) is 5.56 Å². The number of nitrogens with one attached hydrogen (secondary N) is 2. The Morgan fingerprint density at radius 1 is 0.950 bits per heavy atom. The molecule has 2 heterocycles. The van der Waals surface area contributed by atoms with Crippen LogP contribution in [0.1, 0.15) is 57.5 Å². The average Bonchev–Trinajstić information content (AvgIpc) is 3.38. The molecular weight excluding hydrogens is 550 g/mol. The van der Waals surface area contributed by atoms with E-state index >= 15 is 0 Å². The number of aromatic nitrogens is 1. The molecular formula is C28H25F4N3O4S. The number of ether oxygens (including phenoxy) is 1. The first-order valence-corrected chi connectivity index (χ1v) is 13.7. The SMILES string of the molecule is O=C(NC1CCC(NC(=O)c2cc(F)cnc2Oc2ccc3c(c2)SCC3)CC1)c1cc(C(F)(F)F)ccc1O. The Morgan fingerprint density at radius 3 is 2.30 bits per heavy atom. The summed E-state index contributed by atoms with van der Waals surface area (Å²) in [5.74, 6) is -1.15. The number of hydrogen-bond acceptors (Lipinski definition) is 6. The lowest BCUT2D eigenvalue weighted by Gasteiger charge is -2.30. The van der Waals surface area contributed by atoms with Crippen LogP contribution in [0.5, 0.6) is 17.4 Å². The Labute approximate surface area is 231 Å². The lowest BCUT2D eigenvalue weighted by molar-refractivity contribution is -0.137. The maximum absolute atomic E-state index is 14.0. The van der Waals surface area contributed by atoms with Gasteiger partial charge in [-0.25, -0.2) is 9.37 Å². The number of aromatic hydroxyl groups is 1. The fourth-order valence-corrected chi connectivity index (χ4v) is 5.89. The van der Waals surface area contributed by atoms with E-state index in [1.807, 2.05) is 12.1 Å². The van der Waals surface area contributed by atoms with Gasteiger partial charge in [0.25, 0.3) is 11.8 Å². The van der Waals surface area contributed by atoms with Gasteiger partial charge in [0.2, 0.25) is 5.88 Å². The number of thioether (sulfide) groups is 1. The molecule has 7 nitrogen and oxygen atoms in total. The highest BCUT2D eigenvalue weighted by atomic mass is 32.2. The summed E-state index contributed by atoms with van der Waals surface area (Å²) >= 11 is 1.71. The highest BCUT2D eigenvalue weighted by Gasteiger charge is 2.32. The zero-order valence-corrected chi connectivity index (χ0v) is 21.9. The van der Waals surface area contributed by atoms with E-state index in [-0.39, 0.29) is 23.5 Å². The zero-order valence-electron chi connectivity index (χ0n) is 21.1. The van der Waals surface area contributed by atoms with E-state index in [1.54, 1.807) is 17.8 Å². The van der Waals surface area contributed by atoms with E-state index in [0.29, 0.717) is 43.6 Å². The number of halogens is 4. The van der Waals surface area contributed by atoms with Crippen molar-refractivity contribution in [3.8, 4) is 17.4 Å². The molecule has 1 saturated carbocycles. The second-order valence-corrected chi connectivity index (χ2v) is 10.8. The van der Waals surface area contributed by atoms with Crippen molar-refractivity contribution < 1.29 is 37.0 Å². The Morgan fingerprint density at radius 2 is 1.62 bits per heavy atom. The molecule has 40 heavy (non-hydrogen) atoms. The molecule has 2 aliphatic rings. The smallest absolute Gasteiger partial charge is 0.416 e. The third-order valence-corrected chi connectivity index (χ3v) is 8.01. The number of nitrogens with zero attached hydrogens (tertiary/aromatic N) is 1. The predicted molar refractivity (Wildman–Crippen MR) is 139 cm³/mol. The van der Waals surface area contributed by atoms with E-state index in [0.717, 1.165) is 35.4 Å². The summed E-state index contributed by atoms with van der Waals surface area (Å²) < 4.78 is 58.9. The molecule has 3 N–H and O–H groups in total. The second kappa shape index (κ2) is 11.4. The summed E-state index contributed by atoms with van der Waals surface area (Å²) in [6, 6.07) is 8.19. The maximum Gasteiger partial charge on any atom is 0.416 e. The normalized spacial score (nSPS) is 18.6. The molecule has 3 aromatic rings. The Balaban J connectivity index is 1.19. The molecule has 210 valence electrons. The molecule has 0 radical (unpaired) electrons. The van der Waals surface area contributed by atoms with Gasteiger partial charge in [-0.1, -0.05) is 6.07 Å². The van der Waals surface area contributed by atoms with Crippen molar-refractivity contribution in [2.75, 3.05) is 5.75 Å². The lowest BCUT2D eigenvalue weighted by Crippen LogP contribution is -2.44. The van der Waals surface area contributed by atoms with Gasteiger partial charge in [-0.3, -0.25) is 9.59 Å².